The second kappa shape index (κ2) is 8.41. The standard InChI is InChI=1S/C19H19N3O5/c23-18(20-12-17-5-2-10-27-17)14-3-1-4-15(11-14)21-19(24)13-6-8-16(9-7-13)22(25)26/h1,3-4,6-9,11,17H,2,5,10,12H2,(H,20,23)(H,21,24)/t17-/m0/s1. The number of non-ortho nitro benzene ring substituents is 1. The monoisotopic (exact) mass is 369 g/mol. The highest BCUT2D eigenvalue weighted by atomic mass is 16.6. The van der Waals surface area contributed by atoms with Crippen LogP contribution >= 0.6 is 0 Å². The van der Waals surface area contributed by atoms with Crippen LogP contribution in [0.3, 0.4) is 0 Å². The van der Waals surface area contributed by atoms with Gasteiger partial charge in [-0.25, -0.2) is 0 Å². The van der Waals surface area contributed by atoms with Crippen molar-refractivity contribution in [3.63, 3.8) is 0 Å². The molecule has 3 rings (SSSR count). The lowest BCUT2D eigenvalue weighted by atomic mass is 10.1. The zero-order valence-electron chi connectivity index (χ0n) is 14.5. The van der Waals surface area contributed by atoms with Crippen LogP contribution in [0.1, 0.15) is 33.6 Å². The van der Waals surface area contributed by atoms with Gasteiger partial charge in [0.1, 0.15) is 0 Å². The molecule has 2 aromatic carbocycles. The average Bonchev–Trinajstić information content (AvgIpc) is 3.20. The van der Waals surface area contributed by atoms with Crippen LogP contribution in [0.15, 0.2) is 48.5 Å². The molecule has 1 saturated heterocycles. The topological polar surface area (TPSA) is 111 Å². The Balaban J connectivity index is 1.61. The Morgan fingerprint density at radius 3 is 2.56 bits per heavy atom. The van der Waals surface area contributed by atoms with Crippen LogP contribution in [0, 0.1) is 10.1 Å². The molecule has 1 fully saturated rings. The van der Waals surface area contributed by atoms with E-state index in [-0.39, 0.29) is 23.3 Å². The summed E-state index contributed by atoms with van der Waals surface area (Å²) in [6, 6.07) is 11.9. The first-order valence-corrected chi connectivity index (χ1v) is 8.58. The van der Waals surface area contributed by atoms with Gasteiger partial charge in [0.05, 0.1) is 11.0 Å². The molecular formula is C19H19N3O5. The van der Waals surface area contributed by atoms with Crippen molar-refractivity contribution >= 4 is 23.2 Å². The van der Waals surface area contributed by atoms with Gasteiger partial charge < -0.3 is 15.4 Å². The molecule has 1 atom stereocenters. The highest BCUT2D eigenvalue weighted by Crippen LogP contribution is 2.16. The van der Waals surface area contributed by atoms with E-state index >= 15 is 0 Å². The van der Waals surface area contributed by atoms with Gasteiger partial charge in [-0.05, 0) is 43.2 Å². The summed E-state index contributed by atoms with van der Waals surface area (Å²) >= 11 is 0. The van der Waals surface area contributed by atoms with Gasteiger partial charge in [-0.15, -0.1) is 0 Å². The third-order valence-corrected chi connectivity index (χ3v) is 4.24. The van der Waals surface area contributed by atoms with Crippen LogP contribution in [0.5, 0.6) is 0 Å². The third-order valence-electron chi connectivity index (χ3n) is 4.24. The number of benzene rings is 2. The highest BCUT2D eigenvalue weighted by molar-refractivity contribution is 6.05. The highest BCUT2D eigenvalue weighted by Gasteiger charge is 2.17. The van der Waals surface area contributed by atoms with Gasteiger partial charge in [-0.3, -0.25) is 19.7 Å². The zero-order valence-corrected chi connectivity index (χ0v) is 14.5. The van der Waals surface area contributed by atoms with Crippen LogP contribution in [0.25, 0.3) is 0 Å². The van der Waals surface area contributed by atoms with E-state index in [2.05, 4.69) is 10.6 Å². The summed E-state index contributed by atoms with van der Waals surface area (Å²) < 4.78 is 5.47. The Hall–Kier alpha value is -3.26. The summed E-state index contributed by atoms with van der Waals surface area (Å²) in [5, 5.41) is 16.2. The van der Waals surface area contributed by atoms with E-state index in [1.807, 2.05) is 0 Å². The zero-order chi connectivity index (χ0) is 19.2. The van der Waals surface area contributed by atoms with Crippen molar-refractivity contribution in [3.8, 4) is 0 Å². The number of carbonyl (C=O) groups is 2. The molecule has 140 valence electrons. The number of anilines is 1. The number of nitro benzene ring substituents is 1. The molecule has 8 heteroatoms. The second-order valence-electron chi connectivity index (χ2n) is 6.18. The van der Waals surface area contributed by atoms with E-state index in [0.717, 1.165) is 19.4 Å². The molecule has 1 heterocycles. The normalized spacial score (nSPS) is 15.9. The van der Waals surface area contributed by atoms with Gasteiger partial charge in [-0.2, -0.15) is 0 Å². The fourth-order valence-corrected chi connectivity index (χ4v) is 2.79. The van der Waals surface area contributed by atoms with Gasteiger partial charge in [0.15, 0.2) is 0 Å². The smallest absolute Gasteiger partial charge is 0.269 e. The average molecular weight is 369 g/mol. The molecule has 2 aromatic rings. The van der Waals surface area contributed by atoms with Crippen LogP contribution < -0.4 is 10.6 Å². The fourth-order valence-electron chi connectivity index (χ4n) is 2.79. The first-order chi connectivity index (χ1) is 13.0. The molecule has 2 N–H and O–H groups in total. The number of hydrogen-bond donors (Lipinski definition) is 2. The summed E-state index contributed by atoms with van der Waals surface area (Å²) in [5.74, 6) is -0.654. The molecule has 1 aliphatic heterocycles. The third kappa shape index (κ3) is 4.89. The molecule has 0 aliphatic carbocycles. The van der Waals surface area contributed by atoms with E-state index < -0.39 is 10.8 Å². The number of carbonyl (C=O) groups excluding carboxylic acids is 2. The van der Waals surface area contributed by atoms with Crippen molar-refractivity contribution in [1.29, 1.82) is 0 Å². The van der Waals surface area contributed by atoms with Crippen molar-refractivity contribution in [1.82, 2.24) is 5.32 Å². The van der Waals surface area contributed by atoms with Gasteiger partial charge in [0.25, 0.3) is 17.5 Å². The van der Waals surface area contributed by atoms with Crippen LogP contribution in [0.2, 0.25) is 0 Å². The van der Waals surface area contributed by atoms with Crippen molar-refractivity contribution in [2.24, 2.45) is 0 Å². The molecular weight excluding hydrogens is 350 g/mol. The van der Waals surface area contributed by atoms with E-state index in [1.165, 1.54) is 24.3 Å². The molecule has 8 nitrogen and oxygen atoms in total. The van der Waals surface area contributed by atoms with Gasteiger partial charge in [-0.1, -0.05) is 6.07 Å². The number of ether oxygens (including phenoxy) is 1. The Kier molecular flexibility index (Phi) is 5.77. The molecule has 0 saturated carbocycles. The van der Waals surface area contributed by atoms with Crippen molar-refractivity contribution in [2.75, 3.05) is 18.5 Å². The lowest BCUT2D eigenvalue weighted by Crippen LogP contribution is -2.31. The number of nitrogens with one attached hydrogen (secondary N) is 2. The van der Waals surface area contributed by atoms with Gasteiger partial charge in [0, 0.05) is 42.1 Å². The number of hydrogen-bond acceptors (Lipinski definition) is 5. The Morgan fingerprint density at radius 2 is 1.89 bits per heavy atom. The molecule has 0 unspecified atom stereocenters. The molecule has 0 spiro atoms. The van der Waals surface area contributed by atoms with Crippen LogP contribution in [-0.4, -0.2) is 36.0 Å². The van der Waals surface area contributed by atoms with E-state index in [1.54, 1.807) is 24.3 Å². The van der Waals surface area contributed by atoms with Crippen LogP contribution in [-0.2, 0) is 4.74 Å². The summed E-state index contributed by atoms with van der Waals surface area (Å²) in [5.41, 5.74) is 1.09. The minimum absolute atomic E-state index is 0.0546. The Bertz CT molecular complexity index is 845. The maximum absolute atomic E-state index is 12.3. The minimum atomic E-state index is -0.527. The maximum Gasteiger partial charge on any atom is 0.269 e. The predicted molar refractivity (Wildman–Crippen MR) is 98.8 cm³/mol. The molecule has 0 radical (unpaired) electrons. The predicted octanol–water partition coefficient (Wildman–Crippen LogP) is 2.76. The second-order valence-corrected chi connectivity index (χ2v) is 6.18. The first-order valence-electron chi connectivity index (χ1n) is 8.58. The number of rotatable bonds is 6. The van der Waals surface area contributed by atoms with Gasteiger partial charge >= 0.3 is 0 Å². The van der Waals surface area contributed by atoms with Crippen molar-refractivity contribution in [2.45, 2.75) is 18.9 Å². The van der Waals surface area contributed by atoms with E-state index in [9.17, 15) is 19.7 Å². The quantitative estimate of drug-likeness (QED) is 0.601. The van der Waals surface area contributed by atoms with Gasteiger partial charge in [0.2, 0.25) is 0 Å². The van der Waals surface area contributed by atoms with Crippen molar-refractivity contribution < 1.29 is 19.2 Å². The SMILES string of the molecule is O=C(NC[C@@H]1CCCO1)c1cccc(NC(=O)c2ccc([N+](=O)[O-])cc2)c1. The van der Waals surface area contributed by atoms with Crippen molar-refractivity contribution in [3.05, 3.63) is 69.8 Å². The van der Waals surface area contributed by atoms with Crippen LogP contribution in [0.4, 0.5) is 11.4 Å². The summed E-state index contributed by atoms with van der Waals surface area (Å²) in [6.07, 6.45) is 2.00. The summed E-state index contributed by atoms with van der Waals surface area (Å²) in [4.78, 5) is 34.7. The molecule has 2 amide bonds. The molecule has 0 bridgehead atoms. The molecule has 0 aromatic heterocycles. The van der Waals surface area contributed by atoms with E-state index in [4.69, 9.17) is 4.74 Å². The first kappa shape index (κ1) is 18.5. The number of nitro groups is 1. The summed E-state index contributed by atoms with van der Waals surface area (Å²) in [7, 11) is 0. The number of amides is 2. The molecule has 1 aliphatic rings. The fraction of sp³-hybridized carbons (Fsp3) is 0.263. The van der Waals surface area contributed by atoms with E-state index in [0.29, 0.717) is 17.8 Å². The molecule has 27 heavy (non-hydrogen) atoms. The number of nitrogens with zero attached hydrogens (tertiary/aromatic N) is 1. The summed E-state index contributed by atoms with van der Waals surface area (Å²) in [6.45, 7) is 1.18. The maximum atomic E-state index is 12.3. The lowest BCUT2D eigenvalue weighted by molar-refractivity contribution is -0.384. The minimum Gasteiger partial charge on any atom is -0.376 e. The largest absolute Gasteiger partial charge is 0.376 e. The lowest BCUT2D eigenvalue weighted by Gasteiger charge is -2.11. The Labute approximate surface area is 155 Å². The Morgan fingerprint density at radius 1 is 1.11 bits per heavy atom.